The second-order valence-corrected chi connectivity index (χ2v) is 7.34. The summed E-state index contributed by atoms with van der Waals surface area (Å²) in [6.07, 6.45) is 2.99. The highest BCUT2D eigenvalue weighted by molar-refractivity contribution is 7.80. The van der Waals surface area contributed by atoms with Crippen molar-refractivity contribution in [1.29, 1.82) is 0 Å². The summed E-state index contributed by atoms with van der Waals surface area (Å²) < 4.78 is 11.5. The quantitative estimate of drug-likeness (QED) is 0.253. The lowest BCUT2D eigenvalue weighted by atomic mass is 10.1. The topological polar surface area (TPSA) is 105 Å². The van der Waals surface area contributed by atoms with Gasteiger partial charge in [0.25, 0.3) is 11.8 Å². The molecule has 1 heterocycles. The predicted molar refractivity (Wildman–Crippen MR) is 126 cm³/mol. The summed E-state index contributed by atoms with van der Waals surface area (Å²) in [6, 6.07) is 11.4. The van der Waals surface area contributed by atoms with Gasteiger partial charge in [0, 0.05) is 6.54 Å². The zero-order valence-electron chi connectivity index (χ0n) is 17.9. The summed E-state index contributed by atoms with van der Waals surface area (Å²) in [5.41, 5.74) is 1.50. The van der Waals surface area contributed by atoms with Crippen molar-refractivity contribution < 1.29 is 29.0 Å². The van der Waals surface area contributed by atoms with Gasteiger partial charge in [0.05, 0.1) is 12.2 Å². The molecule has 0 radical (unpaired) electrons. The van der Waals surface area contributed by atoms with Crippen LogP contribution in [0, 0.1) is 0 Å². The van der Waals surface area contributed by atoms with Crippen LogP contribution in [0.15, 0.2) is 60.7 Å². The van der Waals surface area contributed by atoms with Crippen LogP contribution < -0.4 is 14.8 Å². The fraction of sp³-hybridized carbons (Fsp3) is 0.167. The van der Waals surface area contributed by atoms with Crippen molar-refractivity contribution in [2.45, 2.75) is 13.5 Å². The molecule has 1 aliphatic heterocycles. The van der Waals surface area contributed by atoms with Crippen LogP contribution in [0.4, 0.5) is 0 Å². The van der Waals surface area contributed by atoms with E-state index in [-0.39, 0.29) is 29.4 Å². The number of carbonyl (C=O) groups is 3. The van der Waals surface area contributed by atoms with Crippen LogP contribution in [0.5, 0.6) is 11.5 Å². The summed E-state index contributed by atoms with van der Waals surface area (Å²) in [4.78, 5) is 37.3. The number of benzene rings is 2. The first-order valence-electron chi connectivity index (χ1n) is 10.1. The molecule has 0 bridgehead atoms. The number of hydrogen-bond acceptors (Lipinski definition) is 6. The number of carbonyl (C=O) groups excluding carboxylic acids is 2. The van der Waals surface area contributed by atoms with E-state index in [0.717, 1.165) is 5.56 Å². The standard InChI is InChI=1S/C24H22N2O6S/c1-3-11-26-22(28)18(21(27)25-24(26)33)12-16-7-10-19(20(13-16)31-4-2)32-14-15-5-8-17(9-6-15)23(29)30/h3,5-10,12-13H,1,4,11,14H2,2H3,(H,29,30)(H,25,27,33)/b18-12+. The fourth-order valence-electron chi connectivity index (χ4n) is 3.06. The number of aromatic carboxylic acids is 1. The summed E-state index contributed by atoms with van der Waals surface area (Å²) in [7, 11) is 0. The number of carboxylic acid groups (broad SMARTS) is 1. The zero-order valence-corrected chi connectivity index (χ0v) is 18.7. The number of amides is 2. The highest BCUT2D eigenvalue weighted by Crippen LogP contribution is 2.30. The van der Waals surface area contributed by atoms with Crippen LogP contribution in [0.1, 0.15) is 28.4 Å². The van der Waals surface area contributed by atoms with Crippen LogP contribution in [0.3, 0.4) is 0 Å². The molecule has 9 heteroatoms. The van der Waals surface area contributed by atoms with E-state index in [9.17, 15) is 14.4 Å². The van der Waals surface area contributed by atoms with E-state index in [1.807, 2.05) is 6.92 Å². The van der Waals surface area contributed by atoms with Crippen molar-refractivity contribution in [3.8, 4) is 11.5 Å². The summed E-state index contributed by atoms with van der Waals surface area (Å²) in [6.45, 7) is 6.19. The first-order valence-corrected chi connectivity index (χ1v) is 10.5. The Hall–Kier alpha value is -3.98. The molecule has 8 nitrogen and oxygen atoms in total. The maximum Gasteiger partial charge on any atom is 0.335 e. The molecule has 0 spiro atoms. The maximum atomic E-state index is 12.7. The Kier molecular flexibility index (Phi) is 7.57. The molecule has 33 heavy (non-hydrogen) atoms. The molecule has 0 atom stereocenters. The number of ether oxygens (including phenoxy) is 2. The van der Waals surface area contributed by atoms with Gasteiger partial charge in [-0.2, -0.15) is 0 Å². The van der Waals surface area contributed by atoms with E-state index >= 15 is 0 Å². The molecule has 0 aliphatic carbocycles. The first kappa shape index (κ1) is 23.7. The molecule has 2 aromatic rings. The average molecular weight is 467 g/mol. The fourth-order valence-corrected chi connectivity index (χ4v) is 3.31. The first-order chi connectivity index (χ1) is 15.8. The lowest BCUT2D eigenvalue weighted by molar-refractivity contribution is -0.128. The number of carboxylic acids is 1. The Bertz CT molecular complexity index is 1140. The third-order valence-electron chi connectivity index (χ3n) is 4.67. The van der Waals surface area contributed by atoms with Gasteiger partial charge in [0.15, 0.2) is 16.6 Å². The zero-order chi connectivity index (χ0) is 24.0. The van der Waals surface area contributed by atoms with Crippen molar-refractivity contribution in [1.82, 2.24) is 10.2 Å². The van der Waals surface area contributed by atoms with E-state index in [1.165, 1.54) is 29.2 Å². The molecule has 0 unspecified atom stereocenters. The van der Waals surface area contributed by atoms with Crippen LogP contribution in [-0.4, -0.2) is 46.1 Å². The van der Waals surface area contributed by atoms with E-state index in [1.54, 1.807) is 30.3 Å². The van der Waals surface area contributed by atoms with Gasteiger partial charge in [-0.05, 0) is 60.6 Å². The summed E-state index contributed by atoms with van der Waals surface area (Å²) in [5.74, 6) is -1.17. The van der Waals surface area contributed by atoms with Crippen LogP contribution in [0.25, 0.3) is 6.08 Å². The minimum atomic E-state index is -0.995. The van der Waals surface area contributed by atoms with Gasteiger partial charge in [-0.15, -0.1) is 6.58 Å². The van der Waals surface area contributed by atoms with Gasteiger partial charge in [-0.1, -0.05) is 24.3 Å². The van der Waals surface area contributed by atoms with Gasteiger partial charge < -0.3 is 14.6 Å². The third kappa shape index (κ3) is 5.64. The van der Waals surface area contributed by atoms with Crippen molar-refractivity contribution in [3.63, 3.8) is 0 Å². The van der Waals surface area contributed by atoms with Crippen molar-refractivity contribution >= 4 is 41.2 Å². The third-order valence-corrected chi connectivity index (χ3v) is 4.99. The highest BCUT2D eigenvalue weighted by atomic mass is 32.1. The molecule has 170 valence electrons. The van der Waals surface area contributed by atoms with Crippen molar-refractivity contribution in [3.05, 3.63) is 77.4 Å². The summed E-state index contributed by atoms with van der Waals surface area (Å²) >= 11 is 5.06. The van der Waals surface area contributed by atoms with Crippen molar-refractivity contribution in [2.75, 3.05) is 13.2 Å². The second kappa shape index (κ2) is 10.6. The lowest BCUT2D eigenvalue weighted by Crippen LogP contribution is -2.53. The minimum absolute atomic E-state index is 0.0391. The molecule has 3 rings (SSSR count). The van der Waals surface area contributed by atoms with E-state index < -0.39 is 17.8 Å². The minimum Gasteiger partial charge on any atom is -0.490 e. The van der Waals surface area contributed by atoms with Crippen molar-refractivity contribution in [2.24, 2.45) is 0 Å². The average Bonchev–Trinajstić information content (AvgIpc) is 2.79. The second-order valence-electron chi connectivity index (χ2n) is 6.95. The molecule has 1 aliphatic rings. The molecular weight excluding hydrogens is 444 g/mol. The van der Waals surface area contributed by atoms with Gasteiger partial charge in [0.2, 0.25) is 0 Å². The monoisotopic (exact) mass is 466 g/mol. The van der Waals surface area contributed by atoms with Crippen LogP contribution in [0.2, 0.25) is 0 Å². The summed E-state index contributed by atoms with van der Waals surface area (Å²) in [5, 5.41) is 11.5. The number of nitrogens with one attached hydrogen (secondary N) is 1. The van der Waals surface area contributed by atoms with Gasteiger partial charge >= 0.3 is 5.97 Å². The molecule has 1 saturated heterocycles. The highest BCUT2D eigenvalue weighted by Gasteiger charge is 2.32. The SMILES string of the molecule is C=CCN1C(=O)/C(=C/c2ccc(OCc3ccc(C(=O)O)cc3)c(OCC)c2)C(=O)NC1=S. The molecular formula is C24H22N2O6S. The van der Waals surface area contributed by atoms with E-state index in [2.05, 4.69) is 11.9 Å². The Morgan fingerprint density at radius 2 is 1.88 bits per heavy atom. The molecule has 0 saturated carbocycles. The number of rotatable bonds is 9. The van der Waals surface area contributed by atoms with E-state index in [0.29, 0.717) is 23.7 Å². The lowest BCUT2D eigenvalue weighted by Gasteiger charge is -2.27. The van der Waals surface area contributed by atoms with E-state index in [4.69, 9.17) is 26.8 Å². The molecule has 2 N–H and O–H groups in total. The molecule has 1 fully saturated rings. The normalized spacial score (nSPS) is 14.8. The van der Waals surface area contributed by atoms with Crippen LogP contribution in [-0.2, 0) is 16.2 Å². The molecule has 0 aromatic heterocycles. The van der Waals surface area contributed by atoms with Gasteiger partial charge in [-0.3, -0.25) is 19.8 Å². The van der Waals surface area contributed by atoms with Crippen LogP contribution >= 0.6 is 12.2 Å². The predicted octanol–water partition coefficient (Wildman–Crippen LogP) is 3.18. The largest absolute Gasteiger partial charge is 0.490 e. The Balaban J connectivity index is 1.82. The Morgan fingerprint density at radius 1 is 1.15 bits per heavy atom. The smallest absolute Gasteiger partial charge is 0.335 e. The maximum absolute atomic E-state index is 12.7. The Labute approximate surface area is 196 Å². The molecule has 2 aromatic carbocycles. The number of thiocarbonyl (C=S) groups is 1. The van der Waals surface area contributed by atoms with Gasteiger partial charge in [-0.25, -0.2) is 4.79 Å². The molecule has 2 amide bonds. The number of nitrogens with zero attached hydrogens (tertiary/aromatic N) is 1. The van der Waals surface area contributed by atoms with Gasteiger partial charge in [0.1, 0.15) is 12.2 Å². The number of hydrogen-bond donors (Lipinski definition) is 2. The Morgan fingerprint density at radius 3 is 2.52 bits per heavy atom.